The van der Waals surface area contributed by atoms with Crippen molar-refractivity contribution in [3.8, 4) is 0 Å². The molecule has 0 aromatic heterocycles. The smallest absolute Gasteiger partial charge is 0.341 e. The molecule has 0 atom stereocenters. The molecule has 0 aliphatic carbocycles. The number of carbonyl (C=O) groups is 2. The number of esters is 1. The van der Waals surface area contributed by atoms with Gasteiger partial charge in [-0.05, 0) is 24.6 Å². The molecule has 0 fully saturated rings. The van der Waals surface area contributed by atoms with Gasteiger partial charge in [-0.3, -0.25) is 4.79 Å². The van der Waals surface area contributed by atoms with Crippen LogP contribution < -0.4 is 5.32 Å². The van der Waals surface area contributed by atoms with E-state index in [1.54, 1.807) is 0 Å². The van der Waals surface area contributed by atoms with Crippen LogP contribution in [0, 0.1) is 12.7 Å². The van der Waals surface area contributed by atoms with Gasteiger partial charge in [0.2, 0.25) is 0 Å². The van der Waals surface area contributed by atoms with Crippen molar-refractivity contribution in [3.05, 3.63) is 71.0 Å². The van der Waals surface area contributed by atoms with Gasteiger partial charge in [-0.2, -0.15) is 0 Å². The van der Waals surface area contributed by atoms with Crippen LogP contribution in [0.15, 0.2) is 48.5 Å². The lowest BCUT2D eigenvalue weighted by molar-refractivity contribution is -0.124. The van der Waals surface area contributed by atoms with Crippen molar-refractivity contribution in [3.63, 3.8) is 0 Å². The Bertz CT molecular complexity index is 668. The first-order chi connectivity index (χ1) is 10.6. The lowest BCUT2D eigenvalue weighted by atomic mass is 10.1. The number of amides is 1. The molecule has 22 heavy (non-hydrogen) atoms. The summed E-state index contributed by atoms with van der Waals surface area (Å²) >= 11 is 0. The summed E-state index contributed by atoms with van der Waals surface area (Å²) < 4.78 is 18.2. The van der Waals surface area contributed by atoms with Crippen LogP contribution in [-0.4, -0.2) is 18.5 Å². The zero-order valence-electron chi connectivity index (χ0n) is 12.1. The van der Waals surface area contributed by atoms with Crippen molar-refractivity contribution in [1.29, 1.82) is 0 Å². The maximum absolute atomic E-state index is 13.4. The number of carbonyl (C=O) groups excluding carboxylic acids is 2. The summed E-state index contributed by atoms with van der Waals surface area (Å²) in [6.45, 7) is 1.87. The second kappa shape index (κ2) is 7.36. The van der Waals surface area contributed by atoms with Gasteiger partial charge in [0.25, 0.3) is 5.91 Å². The highest BCUT2D eigenvalue weighted by molar-refractivity contribution is 5.91. The van der Waals surface area contributed by atoms with Crippen LogP contribution in [0.1, 0.15) is 21.5 Å². The van der Waals surface area contributed by atoms with Crippen molar-refractivity contribution in [2.45, 2.75) is 13.5 Å². The normalized spacial score (nSPS) is 10.1. The monoisotopic (exact) mass is 301 g/mol. The summed E-state index contributed by atoms with van der Waals surface area (Å²) in [5, 5.41) is 2.63. The van der Waals surface area contributed by atoms with E-state index in [4.69, 9.17) is 4.74 Å². The van der Waals surface area contributed by atoms with Crippen molar-refractivity contribution >= 4 is 11.9 Å². The van der Waals surface area contributed by atoms with E-state index in [-0.39, 0.29) is 5.56 Å². The molecule has 1 N–H and O–H groups in total. The molecular weight excluding hydrogens is 285 g/mol. The Morgan fingerprint density at radius 3 is 2.45 bits per heavy atom. The van der Waals surface area contributed by atoms with E-state index < -0.39 is 24.3 Å². The van der Waals surface area contributed by atoms with E-state index in [2.05, 4.69) is 5.32 Å². The van der Waals surface area contributed by atoms with Crippen LogP contribution in [0.3, 0.4) is 0 Å². The van der Waals surface area contributed by atoms with Gasteiger partial charge in [0.1, 0.15) is 5.82 Å². The third-order valence-electron chi connectivity index (χ3n) is 3.04. The molecule has 0 saturated carbocycles. The fourth-order valence-corrected chi connectivity index (χ4v) is 1.79. The third-order valence-corrected chi connectivity index (χ3v) is 3.04. The summed E-state index contributed by atoms with van der Waals surface area (Å²) in [6.07, 6.45) is 0. The first-order valence-electron chi connectivity index (χ1n) is 6.80. The summed E-state index contributed by atoms with van der Waals surface area (Å²) in [6, 6.07) is 13.2. The fourth-order valence-electron chi connectivity index (χ4n) is 1.79. The van der Waals surface area contributed by atoms with Crippen molar-refractivity contribution < 1.29 is 18.7 Å². The summed E-state index contributed by atoms with van der Waals surface area (Å²) in [5.41, 5.74) is 1.89. The number of rotatable bonds is 5. The predicted molar refractivity (Wildman–Crippen MR) is 79.7 cm³/mol. The lowest BCUT2D eigenvalue weighted by Crippen LogP contribution is -2.28. The minimum absolute atomic E-state index is 0.186. The number of nitrogens with one attached hydrogen (secondary N) is 1. The van der Waals surface area contributed by atoms with Crippen LogP contribution in [-0.2, 0) is 16.1 Å². The number of hydrogen-bond acceptors (Lipinski definition) is 3. The summed E-state index contributed by atoms with van der Waals surface area (Å²) in [7, 11) is 0. The number of aryl methyl sites for hydroxylation is 1. The van der Waals surface area contributed by atoms with E-state index in [1.165, 1.54) is 18.2 Å². The first kappa shape index (κ1) is 15.7. The SMILES string of the molecule is Cc1ccc(CNC(=O)COC(=O)c2ccccc2F)cc1. The maximum atomic E-state index is 13.4. The van der Waals surface area contributed by atoms with Gasteiger partial charge >= 0.3 is 5.97 Å². The molecule has 5 heteroatoms. The van der Waals surface area contributed by atoms with E-state index in [0.29, 0.717) is 6.54 Å². The molecule has 0 unspecified atom stereocenters. The highest BCUT2D eigenvalue weighted by Crippen LogP contribution is 2.07. The highest BCUT2D eigenvalue weighted by Gasteiger charge is 2.13. The molecule has 1 amide bonds. The molecule has 0 bridgehead atoms. The molecule has 4 nitrogen and oxygen atoms in total. The van der Waals surface area contributed by atoms with E-state index in [1.807, 2.05) is 31.2 Å². The van der Waals surface area contributed by atoms with Gasteiger partial charge in [0.05, 0.1) is 5.56 Å². The summed E-state index contributed by atoms with van der Waals surface area (Å²) in [4.78, 5) is 23.3. The molecule has 0 aliphatic heterocycles. The zero-order chi connectivity index (χ0) is 15.9. The number of ether oxygens (including phenoxy) is 1. The molecule has 2 aromatic rings. The Labute approximate surface area is 127 Å². The van der Waals surface area contributed by atoms with E-state index in [0.717, 1.165) is 17.2 Å². The Morgan fingerprint density at radius 1 is 1.09 bits per heavy atom. The third kappa shape index (κ3) is 4.41. The predicted octanol–water partition coefficient (Wildman–Crippen LogP) is 2.61. The molecule has 2 aromatic carbocycles. The van der Waals surface area contributed by atoms with Crippen LogP contribution in [0.4, 0.5) is 4.39 Å². The molecule has 0 heterocycles. The zero-order valence-corrected chi connectivity index (χ0v) is 12.1. The number of benzene rings is 2. The van der Waals surface area contributed by atoms with Gasteiger partial charge in [-0.15, -0.1) is 0 Å². The average molecular weight is 301 g/mol. The minimum atomic E-state index is -0.858. The second-order valence-corrected chi connectivity index (χ2v) is 4.82. The first-order valence-corrected chi connectivity index (χ1v) is 6.80. The van der Waals surface area contributed by atoms with Crippen molar-refractivity contribution in [2.24, 2.45) is 0 Å². The van der Waals surface area contributed by atoms with Crippen LogP contribution in [0.2, 0.25) is 0 Å². The topological polar surface area (TPSA) is 55.4 Å². The molecule has 114 valence electrons. The lowest BCUT2D eigenvalue weighted by Gasteiger charge is -2.07. The van der Waals surface area contributed by atoms with E-state index in [9.17, 15) is 14.0 Å². The Hall–Kier alpha value is -2.69. The Kier molecular flexibility index (Phi) is 5.25. The molecule has 0 radical (unpaired) electrons. The number of halogens is 1. The molecule has 0 spiro atoms. The maximum Gasteiger partial charge on any atom is 0.341 e. The fraction of sp³-hybridized carbons (Fsp3) is 0.176. The largest absolute Gasteiger partial charge is 0.452 e. The standard InChI is InChI=1S/C17H16FNO3/c1-12-6-8-13(9-7-12)10-19-16(20)11-22-17(21)14-4-2-3-5-15(14)18/h2-9H,10-11H2,1H3,(H,19,20). The van der Waals surface area contributed by atoms with Gasteiger partial charge in [-0.1, -0.05) is 42.0 Å². The second-order valence-electron chi connectivity index (χ2n) is 4.82. The van der Waals surface area contributed by atoms with Gasteiger partial charge in [0, 0.05) is 6.54 Å². The van der Waals surface area contributed by atoms with Crippen LogP contribution >= 0.6 is 0 Å². The Balaban J connectivity index is 1.79. The van der Waals surface area contributed by atoms with Crippen molar-refractivity contribution in [2.75, 3.05) is 6.61 Å². The Morgan fingerprint density at radius 2 is 1.77 bits per heavy atom. The minimum Gasteiger partial charge on any atom is -0.452 e. The van der Waals surface area contributed by atoms with Crippen LogP contribution in [0.5, 0.6) is 0 Å². The van der Waals surface area contributed by atoms with Gasteiger partial charge in [0.15, 0.2) is 6.61 Å². The average Bonchev–Trinajstić information content (AvgIpc) is 2.52. The van der Waals surface area contributed by atoms with Crippen LogP contribution in [0.25, 0.3) is 0 Å². The van der Waals surface area contributed by atoms with E-state index >= 15 is 0 Å². The molecule has 2 rings (SSSR count). The molecular formula is C17H16FNO3. The number of hydrogen-bond donors (Lipinski definition) is 1. The summed E-state index contributed by atoms with van der Waals surface area (Å²) in [5.74, 6) is -1.97. The highest BCUT2D eigenvalue weighted by atomic mass is 19.1. The molecule has 0 aliphatic rings. The van der Waals surface area contributed by atoms with Gasteiger partial charge in [-0.25, -0.2) is 9.18 Å². The quantitative estimate of drug-likeness (QED) is 0.864. The van der Waals surface area contributed by atoms with Gasteiger partial charge < -0.3 is 10.1 Å². The molecule has 0 saturated heterocycles. The van der Waals surface area contributed by atoms with Crippen molar-refractivity contribution in [1.82, 2.24) is 5.32 Å².